The predicted molar refractivity (Wildman–Crippen MR) is 97.8 cm³/mol. The Labute approximate surface area is 169 Å². The number of aromatic nitrogens is 2. The molecule has 0 saturated heterocycles. The second-order valence-electron chi connectivity index (χ2n) is 5.83. The maximum atomic E-state index is 14.2. The third-order valence-corrected chi connectivity index (χ3v) is 4.41. The van der Waals surface area contributed by atoms with Gasteiger partial charge in [0.2, 0.25) is 0 Å². The van der Waals surface area contributed by atoms with E-state index in [2.05, 4.69) is 9.82 Å². The lowest BCUT2D eigenvalue weighted by Gasteiger charge is -2.12. The molecule has 12 heteroatoms. The Bertz CT molecular complexity index is 1150. The van der Waals surface area contributed by atoms with Crippen LogP contribution in [0.3, 0.4) is 0 Å². The fourth-order valence-corrected chi connectivity index (χ4v) is 3.08. The minimum absolute atomic E-state index is 0.0317. The molecule has 0 aliphatic rings. The summed E-state index contributed by atoms with van der Waals surface area (Å²) in [6.07, 6.45) is -4.93. The molecule has 1 aromatic heterocycles. The maximum Gasteiger partial charge on any atom is 0.436 e. The number of alkyl halides is 3. The van der Waals surface area contributed by atoms with E-state index >= 15 is 0 Å². The van der Waals surface area contributed by atoms with Crippen molar-refractivity contribution in [1.29, 1.82) is 5.26 Å². The summed E-state index contributed by atoms with van der Waals surface area (Å²) < 4.78 is 83.8. The SMILES string of the molecule is COc1ccc(-c2c(C#N)c(C(F)(F)F)nn2-c2ccc(NS(=O)[O-])cc2)cc1F. The summed E-state index contributed by atoms with van der Waals surface area (Å²) in [5.41, 5.74) is -2.27. The molecule has 1 atom stereocenters. The third kappa shape index (κ3) is 4.12. The van der Waals surface area contributed by atoms with Gasteiger partial charge in [-0.3, -0.25) is 4.21 Å². The van der Waals surface area contributed by atoms with Gasteiger partial charge in [-0.1, -0.05) is 0 Å². The summed E-state index contributed by atoms with van der Waals surface area (Å²) in [6, 6.07) is 10.1. The van der Waals surface area contributed by atoms with Gasteiger partial charge in [-0.25, -0.2) is 9.07 Å². The van der Waals surface area contributed by atoms with Crippen LogP contribution in [0.5, 0.6) is 5.75 Å². The Hall–Kier alpha value is -3.43. The first-order chi connectivity index (χ1) is 14.2. The average molecular weight is 439 g/mol. The van der Waals surface area contributed by atoms with Crippen LogP contribution >= 0.6 is 0 Å². The fourth-order valence-electron chi connectivity index (χ4n) is 2.76. The van der Waals surface area contributed by atoms with Gasteiger partial charge in [0.15, 0.2) is 17.3 Å². The highest BCUT2D eigenvalue weighted by atomic mass is 32.2. The molecular weight excluding hydrogens is 428 g/mol. The van der Waals surface area contributed by atoms with Crippen molar-refractivity contribution in [2.24, 2.45) is 0 Å². The van der Waals surface area contributed by atoms with Crippen molar-refractivity contribution in [3.63, 3.8) is 0 Å². The normalized spacial score (nSPS) is 12.3. The van der Waals surface area contributed by atoms with Gasteiger partial charge in [-0.2, -0.15) is 23.5 Å². The summed E-state index contributed by atoms with van der Waals surface area (Å²) in [4.78, 5) is 0. The first-order valence-electron chi connectivity index (χ1n) is 8.06. The van der Waals surface area contributed by atoms with Crippen LogP contribution in [0.1, 0.15) is 11.3 Å². The van der Waals surface area contributed by atoms with Crippen molar-refractivity contribution in [2.45, 2.75) is 6.18 Å². The molecule has 0 radical (unpaired) electrons. The fraction of sp³-hybridized carbons (Fsp3) is 0.111. The van der Waals surface area contributed by atoms with E-state index in [0.717, 1.165) is 10.7 Å². The zero-order valence-corrected chi connectivity index (χ0v) is 15.8. The molecule has 3 aromatic rings. The molecule has 1 N–H and O–H groups in total. The lowest BCUT2D eigenvalue weighted by molar-refractivity contribution is -0.141. The quantitative estimate of drug-likeness (QED) is 0.481. The molecule has 0 aliphatic carbocycles. The third-order valence-electron chi connectivity index (χ3n) is 4.00. The van der Waals surface area contributed by atoms with E-state index in [4.69, 9.17) is 4.74 Å². The molecule has 30 heavy (non-hydrogen) atoms. The van der Waals surface area contributed by atoms with Gasteiger partial charge in [-0.15, -0.1) is 0 Å². The zero-order chi connectivity index (χ0) is 22.1. The van der Waals surface area contributed by atoms with Crippen molar-refractivity contribution in [1.82, 2.24) is 9.78 Å². The van der Waals surface area contributed by atoms with Gasteiger partial charge in [0, 0.05) is 22.5 Å². The first-order valence-corrected chi connectivity index (χ1v) is 9.13. The lowest BCUT2D eigenvalue weighted by atomic mass is 10.1. The number of nitriles is 1. The number of hydrogen-bond donors (Lipinski definition) is 1. The van der Waals surface area contributed by atoms with E-state index in [1.165, 1.54) is 49.6 Å². The van der Waals surface area contributed by atoms with Crippen molar-refractivity contribution >= 4 is 17.0 Å². The molecule has 1 unspecified atom stereocenters. The summed E-state index contributed by atoms with van der Waals surface area (Å²) >= 11 is -2.59. The standard InChI is InChI=1S/C18H12F4N4O3S/c1-29-15-7-2-10(8-14(15)19)16-13(9-23)17(18(20,21)22)24-26(16)12-5-3-11(4-6-12)25-30(27)28/h2-8,25H,1H3,(H,27,28)/p-1. The van der Waals surface area contributed by atoms with Crippen LogP contribution in [0.25, 0.3) is 16.9 Å². The molecule has 0 bridgehead atoms. The van der Waals surface area contributed by atoms with E-state index in [0.29, 0.717) is 0 Å². The zero-order valence-electron chi connectivity index (χ0n) is 15.0. The van der Waals surface area contributed by atoms with Crippen molar-refractivity contribution < 1.29 is 31.1 Å². The van der Waals surface area contributed by atoms with E-state index in [-0.39, 0.29) is 28.4 Å². The van der Waals surface area contributed by atoms with Crippen LogP contribution in [0.15, 0.2) is 42.5 Å². The Kier molecular flexibility index (Phi) is 5.77. The van der Waals surface area contributed by atoms with Crippen LogP contribution in [0.2, 0.25) is 0 Å². The number of hydrogen-bond acceptors (Lipinski definition) is 5. The molecule has 0 aliphatic heterocycles. The molecule has 1 heterocycles. The number of nitrogens with zero attached hydrogens (tertiary/aromatic N) is 3. The molecular formula is C18H11F4N4O3S-. The van der Waals surface area contributed by atoms with Crippen LogP contribution in [-0.4, -0.2) is 25.7 Å². The van der Waals surface area contributed by atoms with Gasteiger partial charge >= 0.3 is 6.18 Å². The van der Waals surface area contributed by atoms with Gasteiger partial charge in [0.1, 0.15) is 11.6 Å². The number of anilines is 1. The lowest BCUT2D eigenvalue weighted by Crippen LogP contribution is -2.09. The van der Waals surface area contributed by atoms with Crippen LogP contribution in [-0.2, 0) is 17.4 Å². The molecule has 0 amide bonds. The van der Waals surface area contributed by atoms with Crippen molar-refractivity contribution in [3.8, 4) is 28.8 Å². The molecule has 0 fully saturated rings. The second kappa shape index (κ2) is 8.13. The number of methoxy groups -OCH3 is 1. The molecule has 7 nitrogen and oxygen atoms in total. The topological polar surface area (TPSA) is 103 Å². The largest absolute Gasteiger partial charge is 0.755 e. The highest BCUT2D eigenvalue weighted by Gasteiger charge is 2.40. The number of ether oxygens (including phenoxy) is 1. The van der Waals surface area contributed by atoms with E-state index in [1.807, 2.05) is 0 Å². The van der Waals surface area contributed by atoms with Crippen molar-refractivity contribution in [2.75, 3.05) is 11.8 Å². The van der Waals surface area contributed by atoms with Gasteiger partial charge < -0.3 is 14.0 Å². The summed E-state index contributed by atoms with van der Waals surface area (Å²) in [7, 11) is 1.23. The number of halogens is 4. The Morgan fingerprint density at radius 3 is 2.40 bits per heavy atom. The summed E-state index contributed by atoms with van der Waals surface area (Å²) in [5.74, 6) is -0.960. The molecule has 0 spiro atoms. The van der Waals surface area contributed by atoms with Gasteiger partial charge in [0.05, 0.1) is 18.5 Å². The smallest absolute Gasteiger partial charge is 0.436 e. The highest BCUT2D eigenvalue weighted by Crippen LogP contribution is 2.38. The van der Waals surface area contributed by atoms with E-state index < -0.39 is 34.5 Å². The monoisotopic (exact) mass is 439 g/mol. The summed E-state index contributed by atoms with van der Waals surface area (Å²) in [5, 5.41) is 12.9. The van der Waals surface area contributed by atoms with E-state index in [9.17, 15) is 31.6 Å². The Balaban J connectivity index is 2.24. The van der Waals surface area contributed by atoms with Crippen LogP contribution in [0, 0.1) is 17.1 Å². The Morgan fingerprint density at radius 1 is 1.23 bits per heavy atom. The molecule has 3 rings (SSSR count). The van der Waals surface area contributed by atoms with Crippen LogP contribution in [0.4, 0.5) is 23.2 Å². The van der Waals surface area contributed by atoms with Gasteiger partial charge in [-0.05, 0) is 42.5 Å². The molecule has 2 aromatic carbocycles. The molecule has 156 valence electrons. The van der Waals surface area contributed by atoms with Crippen LogP contribution < -0.4 is 9.46 Å². The van der Waals surface area contributed by atoms with Gasteiger partial charge in [0.25, 0.3) is 0 Å². The first kappa shape index (κ1) is 21.3. The number of rotatable bonds is 5. The van der Waals surface area contributed by atoms with Crippen molar-refractivity contribution in [3.05, 3.63) is 59.5 Å². The van der Waals surface area contributed by atoms with E-state index in [1.54, 1.807) is 0 Å². The highest BCUT2D eigenvalue weighted by molar-refractivity contribution is 7.80. The summed E-state index contributed by atoms with van der Waals surface area (Å²) in [6.45, 7) is 0. The molecule has 0 saturated carbocycles. The Morgan fingerprint density at radius 2 is 1.90 bits per heavy atom. The minimum atomic E-state index is -4.93. The minimum Gasteiger partial charge on any atom is -0.755 e. The second-order valence-corrected chi connectivity index (χ2v) is 6.50. The maximum absolute atomic E-state index is 14.2. The number of nitrogens with one attached hydrogen (secondary N) is 1. The number of benzene rings is 2. The average Bonchev–Trinajstić information content (AvgIpc) is 3.08. The predicted octanol–water partition coefficient (Wildman–Crippen LogP) is 3.78.